The van der Waals surface area contributed by atoms with Crippen molar-refractivity contribution < 1.29 is 9.18 Å². The lowest BCUT2D eigenvalue weighted by Crippen LogP contribution is -2.06. The van der Waals surface area contributed by atoms with Crippen LogP contribution in [0.1, 0.15) is 21.6 Å². The average molecular weight is 308 g/mol. The first-order valence-corrected chi connectivity index (χ1v) is 6.25. The lowest BCUT2D eigenvalue weighted by atomic mass is 10.1. The molecule has 0 radical (unpaired) electrons. The molecule has 2 nitrogen and oxygen atoms in total. The van der Waals surface area contributed by atoms with Gasteiger partial charge in [-0.05, 0) is 36.8 Å². The minimum Gasteiger partial charge on any atom is -0.294 e. The number of halogens is 2. The molecule has 0 saturated heterocycles. The number of aromatic nitrogens is 1. The third-order valence-corrected chi connectivity index (χ3v) is 3.23. The number of Topliss-reactive ketones (excluding diaryl/α,β-unsaturated/α-hetero) is 1. The Hall–Kier alpha value is -1.55. The van der Waals surface area contributed by atoms with Gasteiger partial charge in [0.1, 0.15) is 5.82 Å². The van der Waals surface area contributed by atoms with Gasteiger partial charge in [-0.3, -0.25) is 9.78 Å². The summed E-state index contributed by atoms with van der Waals surface area (Å²) in [4.78, 5) is 16.2. The number of rotatable bonds is 3. The second kappa shape index (κ2) is 5.40. The molecular formula is C14H11BrFNO. The number of aryl methyl sites for hydroxylation is 1. The summed E-state index contributed by atoms with van der Waals surface area (Å²) in [5, 5.41) is 0. The second-order valence-electron chi connectivity index (χ2n) is 4.05. The van der Waals surface area contributed by atoms with Crippen molar-refractivity contribution in [2.45, 2.75) is 13.3 Å². The predicted molar refractivity (Wildman–Crippen MR) is 71.1 cm³/mol. The van der Waals surface area contributed by atoms with Gasteiger partial charge in [0, 0.05) is 21.9 Å². The van der Waals surface area contributed by atoms with Crippen LogP contribution in [0, 0.1) is 12.7 Å². The smallest absolute Gasteiger partial charge is 0.170 e. The third kappa shape index (κ3) is 3.01. The van der Waals surface area contributed by atoms with Gasteiger partial charge < -0.3 is 0 Å². The van der Waals surface area contributed by atoms with E-state index in [-0.39, 0.29) is 12.2 Å². The molecule has 4 heteroatoms. The number of ketones is 1. The van der Waals surface area contributed by atoms with Crippen LogP contribution in [0.5, 0.6) is 0 Å². The molecule has 0 aliphatic carbocycles. The summed E-state index contributed by atoms with van der Waals surface area (Å²) in [5.74, 6) is -0.573. The van der Waals surface area contributed by atoms with Crippen molar-refractivity contribution in [3.8, 4) is 0 Å². The highest BCUT2D eigenvalue weighted by Gasteiger charge is 2.12. The topological polar surface area (TPSA) is 30.0 Å². The summed E-state index contributed by atoms with van der Waals surface area (Å²) in [5.41, 5.74) is 2.07. The molecule has 1 aromatic heterocycles. The van der Waals surface area contributed by atoms with E-state index in [4.69, 9.17) is 0 Å². The fraction of sp³-hybridized carbons (Fsp3) is 0.143. The number of carbonyl (C=O) groups excluding carboxylic acids is 1. The van der Waals surface area contributed by atoms with Crippen molar-refractivity contribution in [1.82, 2.24) is 4.98 Å². The van der Waals surface area contributed by atoms with Crippen molar-refractivity contribution in [2.75, 3.05) is 0 Å². The first-order chi connectivity index (χ1) is 8.56. The molecule has 0 unspecified atom stereocenters. The van der Waals surface area contributed by atoms with Gasteiger partial charge in [0.15, 0.2) is 5.78 Å². The van der Waals surface area contributed by atoms with E-state index < -0.39 is 5.82 Å². The molecule has 2 rings (SSSR count). The van der Waals surface area contributed by atoms with Crippen LogP contribution in [0.3, 0.4) is 0 Å². The molecule has 0 aliphatic rings. The molecule has 0 fully saturated rings. The van der Waals surface area contributed by atoms with E-state index in [9.17, 15) is 9.18 Å². The van der Waals surface area contributed by atoms with E-state index in [1.54, 1.807) is 12.3 Å². The van der Waals surface area contributed by atoms with Gasteiger partial charge in [-0.25, -0.2) is 4.39 Å². The highest BCUT2D eigenvalue weighted by Crippen LogP contribution is 2.19. The van der Waals surface area contributed by atoms with E-state index in [0.717, 1.165) is 5.56 Å². The fourth-order valence-corrected chi connectivity index (χ4v) is 2.04. The summed E-state index contributed by atoms with van der Waals surface area (Å²) in [7, 11) is 0. The minimum absolute atomic E-state index is 0.155. The molecule has 0 atom stereocenters. The molecule has 0 bridgehead atoms. The van der Waals surface area contributed by atoms with E-state index in [1.165, 1.54) is 18.2 Å². The van der Waals surface area contributed by atoms with E-state index in [1.807, 2.05) is 13.0 Å². The maximum atomic E-state index is 13.1. The molecular weight excluding hydrogens is 297 g/mol. The van der Waals surface area contributed by atoms with Crippen LogP contribution in [0.15, 0.2) is 41.0 Å². The molecule has 0 spiro atoms. The molecule has 0 N–H and O–H groups in total. The zero-order valence-electron chi connectivity index (χ0n) is 9.78. The van der Waals surface area contributed by atoms with E-state index >= 15 is 0 Å². The molecule has 18 heavy (non-hydrogen) atoms. The van der Waals surface area contributed by atoms with E-state index in [2.05, 4.69) is 20.9 Å². The molecule has 0 saturated carbocycles. The zero-order chi connectivity index (χ0) is 13.1. The Bertz CT molecular complexity index is 581. The Morgan fingerprint density at radius 1 is 1.33 bits per heavy atom. The van der Waals surface area contributed by atoms with Gasteiger partial charge in [0.05, 0.1) is 6.42 Å². The number of pyridine rings is 1. The highest BCUT2D eigenvalue weighted by molar-refractivity contribution is 9.10. The van der Waals surface area contributed by atoms with Gasteiger partial charge in [-0.1, -0.05) is 22.0 Å². The van der Waals surface area contributed by atoms with Gasteiger partial charge >= 0.3 is 0 Å². The van der Waals surface area contributed by atoms with E-state index in [0.29, 0.717) is 15.7 Å². The van der Waals surface area contributed by atoms with Crippen molar-refractivity contribution in [3.05, 3.63) is 63.6 Å². The molecule has 0 amide bonds. The first-order valence-electron chi connectivity index (χ1n) is 5.46. The summed E-state index contributed by atoms with van der Waals surface area (Å²) in [6, 6.07) is 7.79. The second-order valence-corrected chi connectivity index (χ2v) is 4.91. The van der Waals surface area contributed by atoms with Crippen molar-refractivity contribution in [2.24, 2.45) is 0 Å². The summed E-state index contributed by atoms with van der Waals surface area (Å²) in [6.07, 6.45) is 1.88. The van der Waals surface area contributed by atoms with Crippen LogP contribution >= 0.6 is 15.9 Å². The van der Waals surface area contributed by atoms with Crippen molar-refractivity contribution >= 4 is 21.7 Å². The van der Waals surface area contributed by atoms with Crippen LogP contribution in [0.2, 0.25) is 0 Å². The Labute approximate surface area is 113 Å². The fourth-order valence-electron chi connectivity index (χ4n) is 1.57. The largest absolute Gasteiger partial charge is 0.294 e. The van der Waals surface area contributed by atoms with Gasteiger partial charge in [-0.2, -0.15) is 0 Å². The monoisotopic (exact) mass is 307 g/mol. The summed E-state index contributed by atoms with van der Waals surface area (Å²) >= 11 is 3.25. The molecule has 0 aliphatic heterocycles. The maximum absolute atomic E-state index is 13.1. The lowest BCUT2D eigenvalue weighted by molar-refractivity contribution is 0.0990. The number of benzene rings is 1. The SMILES string of the molecule is Cc1ccc(CC(=O)c2cc(F)ccc2Br)nc1. The Kier molecular flexibility index (Phi) is 3.87. The lowest BCUT2D eigenvalue weighted by Gasteiger charge is -2.04. The highest BCUT2D eigenvalue weighted by atomic mass is 79.9. The third-order valence-electron chi connectivity index (χ3n) is 2.54. The number of hydrogen-bond donors (Lipinski definition) is 0. The quantitative estimate of drug-likeness (QED) is 0.809. The normalized spacial score (nSPS) is 10.4. The van der Waals surface area contributed by atoms with Crippen LogP contribution < -0.4 is 0 Å². The van der Waals surface area contributed by atoms with Gasteiger partial charge in [0.2, 0.25) is 0 Å². The average Bonchev–Trinajstić information content (AvgIpc) is 2.35. The minimum atomic E-state index is -0.418. The Morgan fingerprint density at radius 2 is 2.11 bits per heavy atom. The molecule has 2 aromatic rings. The first kappa shape index (κ1) is 12.9. The van der Waals surface area contributed by atoms with Crippen LogP contribution in [0.25, 0.3) is 0 Å². The predicted octanol–water partition coefficient (Wildman–Crippen LogP) is 3.72. The zero-order valence-corrected chi connectivity index (χ0v) is 11.4. The summed E-state index contributed by atoms with van der Waals surface area (Å²) in [6.45, 7) is 1.93. The standard InChI is InChI=1S/C14H11BrFNO/c1-9-2-4-11(17-8-9)7-14(18)12-6-10(16)3-5-13(12)15/h2-6,8H,7H2,1H3. The van der Waals surface area contributed by atoms with Crippen molar-refractivity contribution in [3.63, 3.8) is 0 Å². The number of hydrogen-bond acceptors (Lipinski definition) is 2. The summed E-state index contributed by atoms with van der Waals surface area (Å²) < 4.78 is 13.7. The van der Waals surface area contributed by atoms with Crippen LogP contribution in [-0.2, 0) is 6.42 Å². The number of carbonyl (C=O) groups is 1. The Balaban J connectivity index is 2.21. The van der Waals surface area contributed by atoms with Gasteiger partial charge in [-0.15, -0.1) is 0 Å². The van der Waals surface area contributed by atoms with Crippen LogP contribution in [0.4, 0.5) is 4.39 Å². The Morgan fingerprint density at radius 3 is 2.78 bits per heavy atom. The molecule has 1 heterocycles. The van der Waals surface area contributed by atoms with Crippen LogP contribution in [-0.4, -0.2) is 10.8 Å². The molecule has 92 valence electrons. The van der Waals surface area contributed by atoms with Gasteiger partial charge in [0.25, 0.3) is 0 Å². The van der Waals surface area contributed by atoms with Crippen molar-refractivity contribution in [1.29, 1.82) is 0 Å². The maximum Gasteiger partial charge on any atom is 0.170 e. The number of nitrogens with zero attached hydrogens (tertiary/aromatic N) is 1. The molecule has 1 aromatic carbocycles.